The van der Waals surface area contributed by atoms with E-state index in [1.165, 1.54) is 11.3 Å². The van der Waals surface area contributed by atoms with Gasteiger partial charge in [-0.2, -0.15) is 0 Å². The summed E-state index contributed by atoms with van der Waals surface area (Å²) < 4.78 is 0. The van der Waals surface area contributed by atoms with Gasteiger partial charge in [-0.25, -0.2) is 4.98 Å². The fourth-order valence-electron chi connectivity index (χ4n) is 2.53. The third-order valence-corrected chi connectivity index (χ3v) is 5.10. The van der Waals surface area contributed by atoms with Gasteiger partial charge in [0.15, 0.2) is 5.01 Å². The maximum atomic E-state index is 6.23. The zero-order valence-electron chi connectivity index (χ0n) is 14.3. The monoisotopic (exact) mass is 363 g/mol. The van der Waals surface area contributed by atoms with Crippen molar-refractivity contribution in [1.29, 1.82) is 0 Å². The first-order valence-corrected chi connectivity index (χ1v) is 8.99. The van der Waals surface area contributed by atoms with Gasteiger partial charge < -0.3 is 11.1 Å². The summed E-state index contributed by atoms with van der Waals surface area (Å²) in [6.07, 6.45) is 5.22. The van der Waals surface area contributed by atoms with E-state index in [2.05, 4.69) is 44.3 Å². The molecule has 4 heterocycles. The SMILES string of the molecule is CC(C)c1nnc(-c2cc3nccc(Nc4cccnc4)c3nc2N)s1. The number of rotatable bonds is 4. The summed E-state index contributed by atoms with van der Waals surface area (Å²) in [5.41, 5.74) is 10.1. The van der Waals surface area contributed by atoms with Crippen LogP contribution in [-0.4, -0.2) is 25.1 Å². The van der Waals surface area contributed by atoms with Crippen molar-refractivity contribution >= 4 is 39.6 Å². The number of nitrogens with zero attached hydrogens (tertiary/aromatic N) is 5. The summed E-state index contributed by atoms with van der Waals surface area (Å²) in [4.78, 5) is 13.1. The Morgan fingerprint density at radius 1 is 1.15 bits per heavy atom. The molecule has 0 saturated carbocycles. The van der Waals surface area contributed by atoms with E-state index >= 15 is 0 Å². The highest BCUT2D eigenvalue weighted by Crippen LogP contribution is 2.34. The fraction of sp³-hybridized carbons (Fsp3) is 0.167. The Morgan fingerprint density at radius 3 is 2.77 bits per heavy atom. The number of hydrogen-bond acceptors (Lipinski definition) is 8. The minimum Gasteiger partial charge on any atom is -0.383 e. The topological polar surface area (TPSA) is 102 Å². The Labute approximate surface area is 154 Å². The van der Waals surface area contributed by atoms with Gasteiger partial charge >= 0.3 is 0 Å². The lowest BCUT2D eigenvalue weighted by atomic mass is 10.2. The summed E-state index contributed by atoms with van der Waals surface area (Å²) in [5.74, 6) is 0.732. The van der Waals surface area contributed by atoms with Crippen molar-refractivity contribution in [3.8, 4) is 10.6 Å². The van der Waals surface area contributed by atoms with Crippen LogP contribution in [0.2, 0.25) is 0 Å². The third-order valence-electron chi connectivity index (χ3n) is 3.85. The van der Waals surface area contributed by atoms with Crippen LogP contribution in [0.4, 0.5) is 17.2 Å². The molecule has 8 heteroatoms. The molecule has 4 aromatic rings. The van der Waals surface area contributed by atoms with Gasteiger partial charge in [0.05, 0.1) is 28.7 Å². The van der Waals surface area contributed by atoms with E-state index in [0.717, 1.165) is 32.5 Å². The largest absolute Gasteiger partial charge is 0.383 e. The number of fused-ring (bicyclic) bond motifs is 1. The molecule has 4 aromatic heterocycles. The molecule has 0 aromatic carbocycles. The van der Waals surface area contributed by atoms with Gasteiger partial charge in [-0.05, 0) is 24.3 Å². The standard InChI is InChI=1S/C18H17N7S/c1-10(2)17-24-25-18(26-17)12-8-14-15(23-16(12)19)13(5-7-21-14)22-11-4-3-6-20-9-11/h3-10H,1-2H3,(H2,19,23)(H,21,22). The summed E-state index contributed by atoms with van der Waals surface area (Å²) in [7, 11) is 0. The zero-order valence-corrected chi connectivity index (χ0v) is 15.2. The maximum Gasteiger partial charge on any atom is 0.151 e. The molecule has 0 amide bonds. The lowest BCUT2D eigenvalue weighted by Crippen LogP contribution is -1.99. The maximum absolute atomic E-state index is 6.23. The molecule has 0 aliphatic carbocycles. The van der Waals surface area contributed by atoms with Crippen LogP contribution in [-0.2, 0) is 0 Å². The first-order valence-electron chi connectivity index (χ1n) is 8.18. The number of nitrogen functional groups attached to an aromatic ring is 1. The van der Waals surface area contributed by atoms with Crippen LogP contribution in [0, 0.1) is 0 Å². The summed E-state index contributed by atoms with van der Waals surface area (Å²) in [5, 5.41) is 13.5. The Morgan fingerprint density at radius 2 is 2.04 bits per heavy atom. The van der Waals surface area contributed by atoms with Crippen molar-refractivity contribution in [3.05, 3.63) is 47.9 Å². The molecule has 130 valence electrons. The third kappa shape index (κ3) is 3.06. The molecule has 0 unspecified atom stereocenters. The van der Waals surface area contributed by atoms with Gasteiger partial charge in [-0.1, -0.05) is 25.2 Å². The summed E-state index contributed by atoms with van der Waals surface area (Å²) >= 11 is 1.53. The van der Waals surface area contributed by atoms with E-state index in [-0.39, 0.29) is 0 Å². The number of nitrogens with two attached hydrogens (primary N) is 1. The van der Waals surface area contributed by atoms with Crippen LogP contribution in [0.15, 0.2) is 42.9 Å². The molecule has 3 N–H and O–H groups in total. The average molecular weight is 363 g/mol. The van der Waals surface area contributed by atoms with E-state index in [1.807, 2.05) is 24.3 Å². The Balaban J connectivity index is 1.78. The molecule has 0 saturated heterocycles. The number of pyridine rings is 3. The van der Waals surface area contributed by atoms with E-state index in [4.69, 9.17) is 5.73 Å². The molecule has 26 heavy (non-hydrogen) atoms. The molecule has 0 spiro atoms. The van der Waals surface area contributed by atoms with E-state index < -0.39 is 0 Å². The number of aromatic nitrogens is 5. The van der Waals surface area contributed by atoms with Gasteiger partial charge in [-0.15, -0.1) is 10.2 Å². The van der Waals surface area contributed by atoms with Crippen LogP contribution >= 0.6 is 11.3 Å². The van der Waals surface area contributed by atoms with Crippen LogP contribution < -0.4 is 11.1 Å². The van der Waals surface area contributed by atoms with E-state index in [9.17, 15) is 0 Å². The predicted octanol–water partition coefficient (Wildman–Crippen LogP) is 3.99. The normalized spacial score (nSPS) is 11.2. The summed E-state index contributed by atoms with van der Waals surface area (Å²) in [6.45, 7) is 4.18. The van der Waals surface area contributed by atoms with E-state index in [0.29, 0.717) is 17.3 Å². The van der Waals surface area contributed by atoms with Crippen LogP contribution in [0.25, 0.3) is 21.6 Å². The highest BCUT2D eigenvalue weighted by Gasteiger charge is 2.15. The second kappa shape index (κ2) is 6.64. The number of nitrogens with one attached hydrogen (secondary N) is 1. The van der Waals surface area contributed by atoms with Crippen molar-refractivity contribution in [3.63, 3.8) is 0 Å². The smallest absolute Gasteiger partial charge is 0.151 e. The molecule has 0 radical (unpaired) electrons. The minimum atomic E-state index is 0.323. The van der Waals surface area contributed by atoms with Gasteiger partial charge in [0.25, 0.3) is 0 Å². The Hall–Kier alpha value is -3.13. The first kappa shape index (κ1) is 16.3. The number of hydrogen-bond donors (Lipinski definition) is 2. The fourth-order valence-corrected chi connectivity index (χ4v) is 3.40. The molecule has 0 fully saturated rings. The van der Waals surface area contributed by atoms with E-state index in [1.54, 1.807) is 18.6 Å². The van der Waals surface area contributed by atoms with Crippen molar-refractivity contribution in [1.82, 2.24) is 25.1 Å². The Kier molecular flexibility index (Phi) is 4.18. The van der Waals surface area contributed by atoms with Gasteiger partial charge in [0.1, 0.15) is 16.3 Å². The molecule has 0 aliphatic heterocycles. The molecule has 0 bridgehead atoms. The quantitative estimate of drug-likeness (QED) is 0.565. The van der Waals surface area contributed by atoms with Crippen molar-refractivity contribution in [2.24, 2.45) is 0 Å². The lowest BCUT2D eigenvalue weighted by Gasteiger charge is -2.10. The van der Waals surface area contributed by atoms with Crippen LogP contribution in [0.1, 0.15) is 24.8 Å². The van der Waals surface area contributed by atoms with Crippen LogP contribution in [0.5, 0.6) is 0 Å². The number of anilines is 3. The second-order valence-corrected chi connectivity index (χ2v) is 7.12. The zero-order chi connectivity index (χ0) is 18.1. The van der Waals surface area contributed by atoms with Crippen molar-refractivity contribution in [2.75, 3.05) is 11.1 Å². The van der Waals surface area contributed by atoms with Gasteiger partial charge in [0, 0.05) is 18.3 Å². The molecule has 4 rings (SSSR count). The second-order valence-electron chi connectivity index (χ2n) is 6.11. The summed E-state index contributed by atoms with van der Waals surface area (Å²) in [6, 6.07) is 7.58. The van der Waals surface area contributed by atoms with Crippen molar-refractivity contribution < 1.29 is 0 Å². The highest BCUT2D eigenvalue weighted by atomic mass is 32.1. The predicted molar refractivity (Wildman–Crippen MR) is 104 cm³/mol. The highest BCUT2D eigenvalue weighted by molar-refractivity contribution is 7.14. The minimum absolute atomic E-state index is 0.323. The van der Waals surface area contributed by atoms with Gasteiger partial charge in [-0.3, -0.25) is 9.97 Å². The molecule has 0 atom stereocenters. The van der Waals surface area contributed by atoms with Crippen LogP contribution in [0.3, 0.4) is 0 Å². The van der Waals surface area contributed by atoms with Gasteiger partial charge in [0.2, 0.25) is 0 Å². The van der Waals surface area contributed by atoms with Crippen molar-refractivity contribution in [2.45, 2.75) is 19.8 Å². The average Bonchev–Trinajstić information content (AvgIpc) is 3.13. The molecular formula is C18H17N7S. The lowest BCUT2D eigenvalue weighted by molar-refractivity contribution is 0.825. The molecule has 0 aliphatic rings. The molecule has 7 nitrogen and oxygen atoms in total. The Bertz CT molecular complexity index is 1060. The first-order chi connectivity index (χ1) is 12.6. The molecular weight excluding hydrogens is 346 g/mol.